The van der Waals surface area contributed by atoms with E-state index in [0.29, 0.717) is 19.4 Å². The van der Waals surface area contributed by atoms with Crippen molar-refractivity contribution in [1.29, 1.82) is 0 Å². The molecule has 23 heavy (non-hydrogen) atoms. The number of anilines is 1. The highest BCUT2D eigenvalue weighted by Crippen LogP contribution is 2.55. The van der Waals surface area contributed by atoms with Gasteiger partial charge in [0.15, 0.2) is 4.87 Å². The highest BCUT2D eigenvalue weighted by Gasteiger charge is 2.57. The Bertz CT molecular complexity index is 780. The predicted molar refractivity (Wildman–Crippen MR) is 87.8 cm³/mol. The van der Waals surface area contributed by atoms with Gasteiger partial charge in [-0.05, 0) is 30.2 Å². The number of hydrogen-bond acceptors (Lipinski definition) is 4. The number of nitrogens with one attached hydrogen (secondary N) is 1. The maximum Gasteiger partial charge on any atom is 0.257 e. The Morgan fingerprint density at radius 1 is 1.30 bits per heavy atom. The molecule has 4 rings (SSSR count). The van der Waals surface area contributed by atoms with Crippen LogP contribution < -0.4 is 10.2 Å². The Balaban J connectivity index is 1.60. The van der Waals surface area contributed by atoms with Gasteiger partial charge >= 0.3 is 0 Å². The Hall–Kier alpha value is -2.34. The van der Waals surface area contributed by atoms with Crippen LogP contribution in [-0.2, 0) is 16.1 Å². The van der Waals surface area contributed by atoms with E-state index in [0.717, 1.165) is 16.1 Å². The average Bonchev–Trinajstić information content (AvgIpc) is 3.10. The van der Waals surface area contributed by atoms with E-state index in [-0.39, 0.29) is 11.8 Å². The van der Waals surface area contributed by atoms with Crippen LogP contribution in [0.25, 0.3) is 0 Å². The molecule has 2 amide bonds. The summed E-state index contributed by atoms with van der Waals surface area (Å²) in [5.41, 5.74) is 1.78. The number of rotatable bonds is 3. The molecule has 1 aromatic heterocycles. The van der Waals surface area contributed by atoms with E-state index in [1.54, 1.807) is 17.3 Å². The molecular formula is C17H15N3O2S. The van der Waals surface area contributed by atoms with E-state index < -0.39 is 4.87 Å². The molecule has 1 fully saturated rings. The zero-order valence-electron chi connectivity index (χ0n) is 12.4. The SMILES string of the molecule is O=C1CCC2(C(=O)NCc3cccnc3)Sc3ccccc3N12. The number of hydrogen-bond donors (Lipinski definition) is 1. The number of carbonyl (C=O) groups is 2. The summed E-state index contributed by atoms with van der Waals surface area (Å²) in [5.74, 6) is -0.104. The van der Waals surface area contributed by atoms with Crippen LogP contribution in [0.1, 0.15) is 18.4 Å². The Kier molecular flexibility index (Phi) is 3.34. The third kappa shape index (κ3) is 2.21. The number of thioether (sulfide) groups is 1. The van der Waals surface area contributed by atoms with Crippen LogP contribution >= 0.6 is 11.8 Å². The normalized spacial score (nSPS) is 21.9. The van der Waals surface area contributed by atoms with Gasteiger partial charge in [-0.1, -0.05) is 30.0 Å². The summed E-state index contributed by atoms with van der Waals surface area (Å²) in [4.78, 5) is 31.1. The van der Waals surface area contributed by atoms with Gasteiger partial charge in [0.25, 0.3) is 5.91 Å². The van der Waals surface area contributed by atoms with Gasteiger partial charge in [0.05, 0.1) is 5.69 Å². The number of fused-ring (bicyclic) bond motifs is 3. The predicted octanol–water partition coefficient (Wildman–Crippen LogP) is 2.33. The van der Waals surface area contributed by atoms with Crippen molar-refractivity contribution in [1.82, 2.24) is 10.3 Å². The topological polar surface area (TPSA) is 62.3 Å². The molecule has 0 saturated carbocycles. The monoisotopic (exact) mass is 325 g/mol. The van der Waals surface area contributed by atoms with Gasteiger partial charge in [-0.15, -0.1) is 0 Å². The lowest BCUT2D eigenvalue weighted by Gasteiger charge is -2.29. The summed E-state index contributed by atoms with van der Waals surface area (Å²) >= 11 is 1.48. The van der Waals surface area contributed by atoms with Crippen molar-refractivity contribution in [3.8, 4) is 0 Å². The summed E-state index contributed by atoms with van der Waals surface area (Å²) in [5, 5.41) is 2.96. The van der Waals surface area contributed by atoms with Gasteiger partial charge in [0, 0.05) is 30.3 Å². The Morgan fingerprint density at radius 3 is 3.00 bits per heavy atom. The number of para-hydroxylation sites is 1. The fourth-order valence-electron chi connectivity index (χ4n) is 3.12. The molecule has 1 saturated heterocycles. The van der Waals surface area contributed by atoms with Crippen molar-refractivity contribution >= 4 is 29.3 Å². The van der Waals surface area contributed by atoms with Crippen molar-refractivity contribution in [2.24, 2.45) is 0 Å². The highest BCUT2D eigenvalue weighted by atomic mass is 32.2. The minimum absolute atomic E-state index is 0.0129. The second kappa shape index (κ2) is 5.38. The van der Waals surface area contributed by atoms with Gasteiger partial charge in [-0.2, -0.15) is 0 Å². The van der Waals surface area contributed by atoms with Crippen LogP contribution in [0.3, 0.4) is 0 Å². The lowest BCUT2D eigenvalue weighted by Crippen LogP contribution is -2.52. The first kappa shape index (κ1) is 14.3. The lowest BCUT2D eigenvalue weighted by atomic mass is 10.1. The minimum Gasteiger partial charge on any atom is -0.349 e. The van der Waals surface area contributed by atoms with E-state index in [1.807, 2.05) is 36.4 Å². The number of pyridine rings is 1. The molecule has 0 aliphatic carbocycles. The van der Waals surface area contributed by atoms with Crippen molar-refractivity contribution in [2.45, 2.75) is 29.2 Å². The van der Waals surface area contributed by atoms with Crippen LogP contribution in [-0.4, -0.2) is 21.7 Å². The Labute approximate surface area is 138 Å². The molecule has 2 aliphatic heterocycles. The quantitative estimate of drug-likeness (QED) is 0.941. The maximum atomic E-state index is 12.9. The van der Waals surface area contributed by atoms with E-state index in [1.165, 1.54) is 11.8 Å². The first-order valence-electron chi connectivity index (χ1n) is 7.49. The molecule has 0 radical (unpaired) electrons. The maximum absolute atomic E-state index is 12.9. The zero-order chi connectivity index (χ0) is 15.9. The molecule has 1 aromatic carbocycles. The van der Waals surface area contributed by atoms with Crippen LogP contribution in [0.2, 0.25) is 0 Å². The van der Waals surface area contributed by atoms with Crippen molar-refractivity contribution in [3.05, 3.63) is 54.4 Å². The highest BCUT2D eigenvalue weighted by molar-refractivity contribution is 8.02. The van der Waals surface area contributed by atoms with Crippen molar-refractivity contribution in [3.63, 3.8) is 0 Å². The molecule has 0 spiro atoms. The number of nitrogens with zero attached hydrogens (tertiary/aromatic N) is 2. The first-order valence-corrected chi connectivity index (χ1v) is 8.31. The van der Waals surface area contributed by atoms with E-state index in [2.05, 4.69) is 10.3 Å². The first-order chi connectivity index (χ1) is 11.2. The van der Waals surface area contributed by atoms with E-state index in [4.69, 9.17) is 0 Å². The van der Waals surface area contributed by atoms with E-state index >= 15 is 0 Å². The number of benzene rings is 1. The molecule has 1 unspecified atom stereocenters. The number of amides is 2. The summed E-state index contributed by atoms with van der Waals surface area (Å²) < 4.78 is 0. The molecule has 116 valence electrons. The van der Waals surface area contributed by atoms with Crippen LogP contribution in [0.4, 0.5) is 5.69 Å². The van der Waals surface area contributed by atoms with Gasteiger partial charge in [0.1, 0.15) is 0 Å². The van der Waals surface area contributed by atoms with Gasteiger partial charge < -0.3 is 5.32 Å². The fraction of sp³-hybridized carbons (Fsp3) is 0.235. The second-order valence-electron chi connectivity index (χ2n) is 5.63. The lowest BCUT2D eigenvalue weighted by molar-refractivity contribution is -0.124. The molecule has 2 aromatic rings. The smallest absolute Gasteiger partial charge is 0.257 e. The van der Waals surface area contributed by atoms with Crippen LogP contribution in [0.5, 0.6) is 0 Å². The van der Waals surface area contributed by atoms with Gasteiger partial charge in [-0.3, -0.25) is 19.5 Å². The van der Waals surface area contributed by atoms with E-state index in [9.17, 15) is 9.59 Å². The summed E-state index contributed by atoms with van der Waals surface area (Å²) in [6, 6.07) is 11.4. The number of carbonyl (C=O) groups excluding carboxylic acids is 2. The minimum atomic E-state index is -0.844. The zero-order valence-corrected chi connectivity index (χ0v) is 13.2. The summed E-state index contributed by atoms with van der Waals surface area (Å²) in [7, 11) is 0. The summed E-state index contributed by atoms with van der Waals surface area (Å²) in [6.45, 7) is 0.410. The van der Waals surface area contributed by atoms with Gasteiger partial charge in [-0.25, -0.2) is 0 Å². The number of aromatic nitrogens is 1. The molecule has 6 heteroatoms. The van der Waals surface area contributed by atoms with Crippen molar-refractivity contribution in [2.75, 3.05) is 4.90 Å². The van der Waals surface area contributed by atoms with Crippen LogP contribution in [0, 0.1) is 0 Å². The largest absolute Gasteiger partial charge is 0.349 e. The van der Waals surface area contributed by atoms with Crippen LogP contribution in [0.15, 0.2) is 53.7 Å². The standard InChI is InChI=1S/C17H15N3O2S/c21-15-7-8-17(16(22)19-11-12-4-3-9-18-10-12)20(15)13-5-1-2-6-14(13)23-17/h1-6,9-10H,7-8,11H2,(H,19,22). The molecule has 5 nitrogen and oxygen atoms in total. The third-order valence-corrected chi connectivity index (χ3v) is 5.68. The molecule has 2 aliphatic rings. The molecule has 3 heterocycles. The van der Waals surface area contributed by atoms with Crippen molar-refractivity contribution < 1.29 is 9.59 Å². The molecule has 1 N–H and O–H groups in total. The molecule has 1 atom stereocenters. The molecule has 0 bridgehead atoms. The average molecular weight is 325 g/mol. The fourth-order valence-corrected chi connectivity index (χ4v) is 4.56. The summed E-state index contributed by atoms with van der Waals surface area (Å²) in [6.07, 6.45) is 4.36. The molecular weight excluding hydrogens is 310 g/mol. The second-order valence-corrected chi connectivity index (χ2v) is 6.95. The van der Waals surface area contributed by atoms with Gasteiger partial charge in [0.2, 0.25) is 5.91 Å². The third-order valence-electron chi connectivity index (χ3n) is 4.20. The Morgan fingerprint density at radius 2 is 2.17 bits per heavy atom.